The molecule has 0 unspecified atom stereocenters. The number of hydrogen-bond donors (Lipinski definition) is 2. The number of halogens is 1. The first kappa shape index (κ1) is 18.6. The largest absolute Gasteiger partial charge is 0.494 e. The van der Waals surface area contributed by atoms with E-state index in [0.29, 0.717) is 36.8 Å². The molecule has 0 bridgehead atoms. The number of nitrogens with two attached hydrogens (primary N) is 1. The third-order valence-corrected chi connectivity index (χ3v) is 3.48. The lowest BCUT2D eigenvalue weighted by Crippen LogP contribution is -2.23. The first-order valence-electron chi connectivity index (χ1n) is 8.25. The molecule has 25 heavy (non-hydrogen) atoms. The third-order valence-electron chi connectivity index (χ3n) is 3.48. The molecule has 0 aliphatic carbocycles. The summed E-state index contributed by atoms with van der Waals surface area (Å²) in [7, 11) is 0. The van der Waals surface area contributed by atoms with E-state index in [4.69, 9.17) is 15.2 Å². The van der Waals surface area contributed by atoms with Gasteiger partial charge in [-0.15, -0.1) is 0 Å². The fourth-order valence-electron chi connectivity index (χ4n) is 2.30. The van der Waals surface area contributed by atoms with Crippen LogP contribution in [0, 0.1) is 12.7 Å². The van der Waals surface area contributed by atoms with E-state index < -0.39 is 0 Å². The lowest BCUT2D eigenvalue weighted by molar-refractivity contribution is 0.332. The molecule has 3 N–H and O–H groups in total. The second-order valence-electron chi connectivity index (χ2n) is 5.43. The van der Waals surface area contributed by atoms with E-state index in [-0.39, 0.29) is 11.8 Å². The Morgan fingerprint density at radius 3 is 2.56 bits per heavy atom. The van der Waals surface area contributed by atoms with E-state index in [2.05, 4.69) is 10.3 Å². The zero-order valence-corrected chi connectivity index (χ0v) is 14.8. The van der Waals surface area contributed by atoms with Crippen molar-refractivity contribution in [3.05, 3.63) is 53.3 Å². The average molecular weight is 345 g/mol. The van der Waals surface area contributed by atoms with Crippen LogP contribution in [0.4, 0.5) is 10.1 Å². The van der Waals surface area contributed by atoms with E-state index >= 15 is 0 Å². The number of nitrogens with zero attached hydrogens (tertiary/aromatic N) is 1. The molecule has 0 radical (unpaired) electrons. The predicted molar refractivity (Wildman–Crippen MR) is 98.9 cm³/mol. The molecule has 2 aromatic carbocycles. The van der Waals surface area contributed by atoms with Crippen LogP contribution in [0.25, 0.3) is 0 Å². The van der Waals surface area contributed by atoms with Crippen molar-refractivity contribution in [1.82, 2.24) is 0 Å². The van der Waals surface area contributed by atoms with Crippen molar-refractivity contribution in [1.29, 1.82) is 0 Å². The zero-order valence-electron chi connectivity index (χ0n) is 14.8. The molecule has 0 saturated heterocycles. The Balaban J connectivity index is 2.12. The number of anilines is 1. The minimum atomic E-state index is -0.229. The maximum Gasteiger partial charge on any atom is 0.193 e. The molecular formula is C19H24FN3O2. The Morgan fingerprint density at radius 1 is 1.12 bits per heavy atom. The van der Waals surface area contributed by atoms with Gasteiger partial charge in [0.25, 0.3) is 0 Å². The molecule has 0 spiro atoms. The van der Waals surface area contributed by atoms with E-state index in [1.165, 1.54) is 6.07 Å². The second-order valence-corrected chi connectivity index (χ2v) is 5.43. The van der Waals surface area contributed by atoms with Crippen molar-refractivity contribution in [3.63, 3.8) is 0 Å². The summed E-state index contributed by atoms with van der Waals surface area (Å²) in [6.07, 6.45) is 0. The van der Waals surface area contributed by atoms with Gasteiger partial charge in [-0.1, -0.05) is 12.1 Å². The van der Waals surface area contributed by atoms with Gasteiger partial charge in [0.1, 0.15) is 17.3 Å². The van der Waals surface area contributed by atoms with Gasteiger partial charge in [-0.25, -0.2) is 9.38 Å². The number of aryl methyl sites for hydroxylation is 1. The Kier molecular flexibility index (Phi) is 6.62. The van der Waals surface area contributed by atoms with Crippen molar-refractivity contribution >= 4 is 11.6 Å². The molecule has 0 atom stereocenters. The number of nitrogens with one attached hydrogen (secondary N) is 1. The van der Waals surface area contributed by atoms with E-state index in [1.807, 2.05) is 32.0 Å². The molecule has 0 heterocycles. The van der Waals surface area contributed by atoms with E-state index in [0.717, 1.165) is 11.3 Å². The summed E-state index contributed by atoms with van der Waals surface area (Å²) in [4.78, 5) is 4.30. The number of hydrogen-bond acceptors (Lipinski definition) is 3. The van der Waals surface area contributed by atoms with Gasteiger partial charge in [0, 0.05) is 6.07 Å². The SMILES string of the molecule is CCOc1ccc(OCC)c(NC(N)=NCc2ccc(F)c(C)c2)c1. The van der Waals surface area contributed by atoms with Gasteiger partial charge in [-0.3, -0.25) is 0 Å². The molecule has 5 nitrogen and oxygen atoms in total. The number of benzene rings is 2. The van der Waals surface area contributed by atoms with Gasteiger partial charge in [0.15, 0.2) is 5.96 Å². The van der Waals surface area contributed by atoms with Crippen LogP contribution in [-0.4, -0.2) is 19.2 Å². The highest BCUT2D eigenvalue weighted by atomic mass is 19.1. The number of ether oxygens (including phenoxy) is 2. The Bertz CT molecular complexity index is 747. The summed E-state index contributed by atoms with van der Waals surface area (Å²) in [5, 5.41) is 3.04. The Labute approximate surface area is 147 Å². The maximum absolute atomic E-state index is 13.3. The summed E-state index contributed by atoms with van der Waals surface area (Å²) in [6, 6.07) is 10.4. The van der Waals surface area contributed by atoms with E-state index in [1.54, 1.807) is 19.1 Å². The first-order valence-corrected chi connectivity index (χ1v) is 8.25. The van der Waals surface area contributed by atoms with Gasteiger partial charge < -0.3 is 20.5 Å². The maximum atomic E-state index is 13.3. The van der Waals surface area contributed by atoms with Gasteiger partial charge in [-0.2, -0.15) is 0 Å². The summed E-state index contributed by atoms with van der Waals surface area (Å²) in [5.74, 6) is 1.40. The van der Waals surface area contributed by atoms with Crippen molar-refractivity contribution in [3.8, 4) is 11.5 Å². The summed E-state index contributed by atoms with van der Waals surface area (Å²) in [6.45, 7) is 7.01. The molecular weight excluding hydrogens is 321 g/mol. The molecule has 0 aromatic heterocycles. The van der Waals surface area contributed by atoms with Crippen molar-refractivity contribution in [2.24, 2.45) is 10.7 Å². The monoisotopic (exact) mass is 345 g/mol. The van der Waals surface area contributed by atoms with Crippen LogP contribution in [0.2, 0.25) is 0 Å². The molecule has 6 heteroatoms. The highest BCUT2D eigenvalue weighted by Crippen LogP contribution is 2.29. The minimum Gasteiger partial charge on any atom is -0.494 e. The smallest absolute Gasteiger partial charge is 0.193 e. The zero-order chi connectivity index (χ0) is 18.2. The van der Waals surface area contributed by atoms with Crippen LogP contribution >= 0.6 is 0 Å². The summed E-state index contributed by atoms with van der Waals surface area (Å²) in [5.41, 5.74) is 8.13. The van der Waals surface area contributed by atoms with Gasteiger partial charge in [-0.05, 0) is 50.1 Å². The Morgan fingerprint density at radius 2 is 1.88 bits per heavy atom. The van der Waals surface area contributed by atoms with Gasteiger partial charge in [0.2, 0.25) is 0 Å². The van der Waals surface area contributed by atoms with Crippen LogP contribution in [0.15, 0.2) is 41.4 Å². The molecule has 134 valence electrons. The molecule has 0 saturated carbocycles. The first-order chi connectivity index (χ1) is 12.0. The minimum absolute atomic E-state index is 0.229. The standard InChI is InChI=1S/C19H24FN3O2/c1-4-24-15-7-9-18(25-5-2)17(11-15)23-19(21)22-12-14-6-8-16(20)13(3)10-14/h6-11H,4-5,12H2,1-3H3,(H3,21,22,23). The van der Waals surface area contributed by atoms with Crippen LogP contribution in [0.5, 0.6) is 11.5 Å². The highest BCUT2D eigenvalue weighted by molar-refractivity contribution is 5.94. The fourth-order valence-corrected chi connectivity index (χ4v) is 2.30. The van der Waals surface area contributed by atoms with E-state index in [9.17, 15) is 4.39 Å². The fraction of sp³-hybridized carbons (Fsp3) is 0.316. The molecule has 0 aliphatic rings. The van der Waals surface area contributed by atoms with Crippen LogP contribution < -0.4 is 20.5 Å². The molecule has 0 aliphatic heterocycles. The van der Waals surface area contributed by atoms with Crippen molar-refractivity contribution in [2.75, 3.05) is 18.5 Å². The second kappa shape index (κ2) is 8.92. The quantitative estimate of drug-likeness (QED) is 0.591. The molecule has 0 fully saturated rings. The van der Waals surface area contributed by atoms with Crippen LogP contribution in [0.1, 0.15) is 25.0 Å². The normalized spacial score (nSPS) is 11.3. The molecule has 2 rings (SSSR count). The lowest BCUT2D eigenvalue weighted by atomic mass is 10.1. The van der Waals surface area contributed by atoms with Crippen molar-refractivity contribution in [2.45, 2.75) is 27.3 Å². The average Bonchev–Trinajstić information content (AvgIpc) is 2.59. The third kappa shape index (κ3) is 5.38. The molecule has 2 aromatic rings. The lowest BCUT2D eigenvalue weighted by Gasteiger charge is -2.14. The summed E-state index contributed by atoms with van der Waals surface area (Å²) < 4.78 is 24.4. The number of aliphatic imine (C=N–C) groups is 1. The highest BCUT2D eigenvalue weighted by Gasteiger charge is 2.07. The number of rotatable bonds is 7. The van der Waals surface area contributed by atoms with Crippen LogP contribution in [0.3, 0.4) is 0 Å². The number of guanidine groups is 1. The van der Waals surface area contributed by atoms with Gasteiger partial charge in [0.05, 0.1) is 25.4 Å². The molecule has 0 amide bonds. The predicted octanol–water partition coefficient (Wildman–Crippen LogP) is 3.86. The Hall–Kier alpha value is -2.76. The van der Waals surface area contributed by atoms with Gasteiger partial charge >= 0.3 is 0 Å². The van der Waals surface area contributed by atoms with Crippen LogP contribution in [-0.2, 0) is 6.54 Å². The topological polar surface area (TPSA) is 68.9 Å². The van der Waals surface area contributed by atoms with Crippen molar-refractivity contribution < 1.29 is 13.9 Å². The summed E-state index contributed by atoms with van der Waals surface area (Å²) >= 11 is 0.